The predicted molar refractivity (Wildman–Crippen MR) is 165 cm³/mol. The molecule has 9 heteroatoms. The van der Waals surface area contributed by atoms with Crippen LogP contribution in [0.15, 0.2) is 77.7 Å². The Morgan fingerprint density at radius 2 is 1.50 bits per heavy atom. The first kappa shape index (κ1) is 31.1. The number of nitrogens with one attached hydrogen (secondary N) is 1. The summed E-state index contributed by atoms with van der Waals surface area (Å²) in [7, 11) is -2.72. The number of sulfonamides is 1. The summed E-state index contributed by atoms with van der Waals surface area (Å²) in [6.45, 7) is 5.20. The van der Waals surface area contributed by atoms with Crippen molar-refractivity contribution >= 4 is 27.5 Å². The number of carbonyl (C=O) groups excluding carboxylic acids is 2. The number of anilines is 1. The average molecular weight is 592 g/mol. The Kier molecular flexibility index (Phi) is 10.3. The van der Waals surface area contributed by atoms with Gasteiger partial charge >= 0.3 is 0 Å². The number of amides is 2. The minimum atomic E-state index is -4.17. The molecule has 1 N–H and O–H groups in total. The van der Waals surface area contributed by atoms with Gasteiger partial charge in [0.1, 0.15) is 18.3 Å². The van der Waals surface area contributed by atoms with Gasteiger partial charge in [-0.3, -0.25) is 13.9 Å². The average Bonchev–Trinajstić information content (AvgIpc) is 2.99. The van der Waals surface area contributed by atoms with Gasteiger partial charge in [0.05, 0.1) is 17.7 Å². The van der Waals surface area contributed by atoms with E-state index >= 15 is 0 Å². The minimum Gasteiger partial charge on any atom is -0.495 e. The lowest BCUT2D eigenvalue weighted by Crippen LogP contribution is -2.53. The maximum atomic E-state index is 14.2. The first-order chi connectivity index (χ1) is 20.1. The number of carbonyl (C=O) groups is 2. The van der Waals surface area contributed by atoms with E-state index in [4.69, 9.17) is 4.74 Å². The Morgan fingerprint density at radius 3 is 2.12 bits per heavy atom. The van der Waals surface area contributed by atoms with Crippen molar-refractivity contribution in [3.8, 4) is 5.75 Å². The van der Waals surface area contributed by atoms with Crippen molar-refractivity contribution in [2.24, 2.45) is 0 Å². The lowest BCUT2D eigenvalue weighted by molar-refractivity contribution is -0.139. The summed E-state index contributed by atoms with van der Waals surface area (Å²) in [5.74, 6) is -0.426. The van der Waals surface area contributed by atoms with Crippen molar-refractivity contribution in [1.29, 1.82) is 0 Å². The predicted octanol–water partition coefficient (Wildman–Crippen LogP) is 5.37. The van der Waals surface area contributed by atoms with Gasteiger partial charge in [0, 0.05) is 12.6 Å². The first-order valence-corrected chi connectivity index (χ1v) is 15.9. The molecule has 4 rings (SSSR count). The van der Waals surface area contributed by atoms with Crippen molar-refractivity contribution in [2.45, 2.75) is 76.4 Å². The SMILES string of the molecule is COc1ccccc1N(CC(=O)N(Cc1ccc(C)cc1)[C@@H](C)C(=O)NC1CCCCC1)S(=O)(=O)c1ccc(C)cc1. The molecule has 0 heterocycles. The fourth-order valence-electron chi connectivity index (χ4n) is 5.23. The fraction of sp³-hybridized carbons (Fsp3) is 0.394. The molecule has 1 aliphatic rings. The monoisotopic (exact) mass is 591 g/mol. The summed E-state index contributed by atoms with van der Waals surface area (Å²) in [5.41, 5.74) is 3.07. The number of hydrogen-bond acceptors (Lipinski definition) is 5. The largest absolute Gasteiger partial charge is 0.495 e. The van der Waals surface area contributed by atoms with E-state index in [1.165, 1.54) is 24.1 Å². The van der Waals surface area contributed by atoms with Gasteiger partial charge in [0.2, 0.25) is 11.8 Å². The summed E-state index contributed by atoms with van der Waals surface area (Å²) in [4.78, 5) is 29.1. The molecule has 1 atom stereocenters. The number of methoxy groups -OCH3 is 1. The number of para-hydroxylation sites is 2. The summed E-state index contributed by atoms with van der Waals surface area (Å²) in [6.07, 6.45) is 5.13. The first-order valence-electron chi connectivity index (χ1n) is 14.5. The van der Waals surface area contributed by atoms with E-state index in [0.29, 0.717) is 5.75 Å². The van der Waals surface area contributed by atoms with Crippen LogP contribution in [0.1, 0.15) is 55.7 Å². The molecule has 3 aromatic rings. The maximum absolute atomic E-state index is 14.2. The molecule has 1 fully saturated rings. The molecular weight excluding hydrogens is 550 g/mol. The van der Waals surface area contributed by atoms with Crippen LogP contribution in [0.25, 0.3) is 0 Å². The summed E-state index contributed by atoms with van der Waals surface area (Å²) in [6, 6.07) is 20.2. The number of rotatable bonds is 11. The zero-order chi connectivity index (χ0) is 30.3. The number of benzene rings is 3. The zero-order valence-corrected chi connectivity index (χ0v) is 25.7. The molecule has 8 nitrogen and oxygen atoms in total. The molecule has 0 radical (unpaired) electrons. The Balaban J connectivity index is 1.70. The van der Waals surface area contributed by atoms with E-state index in [-0.39, 0.29) is 29.1 Å². The second kappa shape index (κ2) is 13.9. The van der Waals surface area contributed by atoms with E-state index in [1.54, 1.807) is 43.3 Å². The van der Waals surface area contributed by atoms with Crippen LogP contribution in [0, 0.1) is 13.8 Å². The van der Waals surface area contributed by atoms with Gasteiger partial charge in [-0.1, -0.05) is 78.9 Å². The van der Waals surface area contributed by atoms with Crippen LogP contribution < -0.4 is 14.4 Å². The normalized spacial score (nSPS) is 14.6. The van der Waals surface area contributed by atoms with E-state index in [2.05, 4.69) is 5.32 Å². The zero-order valence-electron chi connectivity index (χ0n) is 24.9. The van der Waals surface area contributed by atoms with Gasteiger partial charge in [0.25, 0.3) is 10.0 Å². The van der Waals surface area contributed by atoms with Gasteiger partial charge in [-0.25, -0.2) is 8.42 Å². The third-order valence-electron chi connectivity index (χ3n) is 7.83. The van der Waals surface area contributed by atoms with Gasteiger partial charge in [-0.05, 0) is 63.4 Å². The van der Waals surface area contributed by atoms with Crippen LogP contribution >= 0.6 is 0 Å². The van der Waals surface area contributed by atoms with E-state index in [9.17, 15) is 18.0 Å². The Bertz CT molecular complexity index is 1470. The van der Waals surface area contributed by atoms with Crippen LogP contribution in [0.2, 0.25) is 0 Å². The molecule has 224 valence electrons. The lowest BCUT2D eigenvalue weighted by Gasteiger charge is -2.33. The Labute approximate surface area is 249 Å². The van der Waals surface area contributed by atoms with Crippen LogP contribution in [0.3, 0.4) is 0 Å². The molecule has 0 aromatic heterocycles. The van der Waals surface area contributed by atoms with Crippen molar-refractivity contribution in [3.63, 3.8) is 0 Å². The molecule has 1 aliphatic carbocycles. The van der Waals surface area contributed by atoms with Crippen molar-refractivity contribution in [2.75, 3.05) is 18.0 Å². The molecular formula is C33H41N3O5S. The second-order valence-electron chi connectivity index (χ2n) is 11.0. The van der Waals surface area contributed by atoms with E-state index in [0.717, 1.165) is 53.1 Å². The number of hydrogen-bond donors (Lipinski definition) is 1. The fourth-order valence-corrected chi connectivity index (χ4v) is 6.65. The standard InChI is InChI=1S/C33H41N3O5S/c1-24-14-18-27(19-15-24)22-35(26(3)33(38)34-28-10-6-5-7-11-28)32(37)23-36(30-12-8-9-13-31(30)41-4)42(39,40)29-20-16-25(2)17-21-29/h8-9,12-21,26,28H,5-7,10-11,22-23H2,1-4H3,(H,34,38)/t26-/m0/s1. The molecule has 0 spiro atoms. The third-order valence-corrected chi connectivity index (χ3v) is 9.61. The topological polar surface area (TPSA) is 96.0 Å². The summed E-state index contributed by atoms with van der Waals surface area (Å²) >= 11 is 0. The van der Waals surface area contributed by atoms with E-state index < -0.39 is 28.5 Å². The Hall–Kier alpha value is -3.85. The highest BCUT2D eigenvalue weighted by molar-refractivity contribution is 7.92. The number of nitrogens with zero attached hydrogens (tertiary/aromatic N) is 2. The number of ether oxygens (including phenoxy) is 1. The lowest BCUT2D eigenvalue weighted by atomic mass is 9.95. The van der Waals surface area contributed by atoms with Gasteiger partial charge in [-0.2, -0.15) is 0 Å². The van der Waals surface area contributed by atoms with Crippen LogP contribution in [-0.4, -0.2) is 50.9 Å². The highest BCUT2D eigenvalue weighted by Crippen LogP contribution is 2.32. The smallest absolute Gasteiger partial charge is 0.264 e. The van der Waals surface area contributed by atoms with Gasteiger partial charge in [-0.15, -0.1) is 0 Å². The Morgan fingerprint density at radius 1 is 0.905 bits per heavy atom. The highest BCUT2D eigenvalue weighted by atomic mass is 32.2. The van der Waals surface area contributed by atoms with Crippen molar-refractivity contribution < 1.29 is 22.7 Å². The third kappa shape index (κ3) is 7.50. The molecule has 3 aromatic carbocycles. The molecule has 2 amide bonds. The summed E-state index contributed by atoms with van der Waals surface area (Å²) in [5, 5.41) is 3.13. The minimum absolute atomic E-state index is 0.0555. The summed E-state index contributed by atoms with van der Waals surface area (Å²) < 4.78 is 34.7. The number of aryl methyl sites for hydroxylation is 2. The molecule has 0 bridgehead atoms. The second-order valence-corrected chi connectivity index (χ2v) is 12.9. The highest BCUT2D eigenvalue weighted by Gasteiger charge is 2.34. The van der Waals surface area contributed by atoms with Crippen molar-refractivity contribution in [3.05, 3.63) is 89.5 Å². The van der Waals surface area contributed by atoms with Crippen LogP contribution in [0.4, 0.5) is 5.69 Å². The molecule has 42 heavy (non-hydrogen) atoms. The van der Waals surface area contributed by atoms with E-state index in [1.807, 2.05) is 38.1 Å². The van der Waals surface area contributed by atoms with Crippen LogP contribution in [0.5, 0.6) is 5.75 Å². The van der Waals surface area contributed by atoms with Crippen LogP contribution in [-0.2, 0) is 26.2 Å². The molecule has 0 unspecified atom stereocenters. The molecule has 1 saturated carbocycles. The maximum Gasteiger partial charge on any atom is 0.264 e. The molecule has 0 saturated heterocycles. The molecule has 0 aliphatic heterocycles. The van der Waals surface area contributed by atoms with Crippen molar-refractivity contribution in [1.82, 2.24) is 10.2 Å². The quantitative estimate of drug-likeness (QED) is 0.323. The van der Waals surface area contributed by atoms with Gasteiger partial charge < -0.3 is 15.0 Å². The van der Waals surface area contributed by atoms with Gasteiger partial charge in [0.15, 0.2) is 0 Å².